The molecule has 1 heterocycles. The predicted octanol–water partition coefficient (Wildman–Crippen LogP) is 2.93. The van der Waals surface area contributed by atoms with Crippen molar-refractivity contribution >= 4 is 17.0 Å². The summed E-state index contributed by atoms with van der Waals surface area (Å²) >= 11 is 1.63. The van der Waals surface area contributed by atoms with E-state index in [1.165, 1.54) is 0 Å². The molecule has 16 heavy (non-hydrogen) atoms. The van der Waals surface area contributed by atoms with Crippen molar-refractivity contribution in [2.75, 3.05) is 12.3 Å². The number of hydrogen-bond donors (Lipinski definition) is 1. The summed E-state index contributed by atoms with van der Waals surface area (Å²) in [6.07, 6.45) is 0. The number of anilines is 1. The summed E-state index contributed by atoms with van der Waals surface area (Å²) in [5, 5.41) is 3.04. The molecule has 3 nitrogen and oxygen atoms in total. The summed E-state index contributed by atoms with van der Waals surface area (Å²) in [6.45, 7) is 3.28. The van der Waals surface area contributed by atoms with Crippen molar-refractivity contribution in [1.82, 2.24) is 4.98 Å². The van der Waals surface area contributed by atoms with Gasteiger partial charge in [-0.2, -0.15) is 0 Å². The lowest BCUT2D eigenvalue weighted by Gasteiger charge is -1.97. The Morgan fingerprint density at radius 3 is 2.75 bits per heavy atom. The SMILES string of the molecule is CCOCc1csc(-c2ccc(N)cc2)n1. The minimum absolute atomic E-state index is 0.585. The van der Waals surface area contributed by atoms with E-state index in [-0.39, 0.29) is 0 Å². The summed E-state index contributed by atoms with van der Waals surface area (Å²) in [5.41, 5.74) is 8.50. The lowest BCUT2D eigenvalue weighted by Crippen LogP contribution is -1.91. The fourth-order valence-electron chi connectivity index (χ4n) is 1.34. The van der Waals surface area contributed by atoms with Gasteiger partial charge in [-0.1, -0.05) is 0 Å². The summed E-state index contributed by atoms with van der Waals surface area (Å²) in [7, 11) is 0. The van der Waals surface area contributed by atoms with E-state index in [9.17, 15) is 0 Å². The van der Waals surface area contributed by atoms with Crippen molar-refractivity contribution in [2.45, 2.75) is 13.5 Å². The van der Waals surface area contributed by atoms with Crippen LogP contribution in [0.2, 0.25) is 0 Å². The third kappa shape index (κ3) is 2.59. The van der Waals surface area contributed by atoms with Gasteiger partial charge in [-0.3, -0.25) is 0 Å². The van der Waals surface area contributed by atoms with Crippen LogP contribution >= 0.6 is 11.3 Å². The Kier molecular flexibility index (Phi) is 3.54. The fraction of sp³-hybridized carbons (Fsp3) is 0.250. The molecule has 0 amide bonds. The Balaban J connectivity index is 2.15. The Morgan fingerprint density at radius 2 is 2.06 bits per heavy atom. The molecule has 2 aromatic rings. The van der Waals surface area contributed by atoms with Crippen molar-refractivity contribution in [2.24, 2.45) is 0 Å². The van der Waals surface area contributed by atoms with E-state index in [4.69, 9.17) is 10.5 Å². The lowest BCUT2D eigenvalue weighted by atomic mass is 10.2. The molecule has 0 aliphatic heterocycles. The molecule has 2 N–H and O–H groups in total. The Labute approximate surface area is 98.9 Å². The first-order valence-corrected chi connectivity index (χ1v) is 6.05. The highest BCUT2D eigenvalue weighted by Gasteiger charge is 2.04. The summed E-state index contributed by atoms with van der Waals surface area (Å²) in [4.78, 5) is 4.50. The van der Waals surface area contributed by atoms with Crippen molar-refractivity contribution in [3.63, 3.8) is 0 Å². The Hall–Kier alpha value is -1.39. The zero-order valence-corrected chi connectivity index (χ0v) is 9.96. The van der Waals surface area contributed by atoms with Crippen LogP contribution < -0.4 is 5.73 Å². The zero-order chi connectivity index (χ0) is 11.4. The third-order valence-corrected chi connectivity index (χ3v) is 3.10. The number of benzene rings is 1. The maximum absolute atomic E-state index is 5.64. The standard InChI is InChI=1S/C12H14N2OS/c1-2-15-7-11-8-16-12(14-11)9-3-5-10(13)6-4-9/h3-6,8H,2,7,13H2,1H3. The number of ether oxygens (including phenoxy) is 1. The second kappa shape index (κ2) is 5.09. The maximum Gasteiger partial charge on any atom is 0.123 e. The van der Waals surface area contributed by atoms with Crippen molar-refractivity contribution < 1.29 is 4.74 Å². The summed E-state index contributed by atoms with van der Waals surface area (Å²) in [5.74, 6) is 0. The highest BCUT2D eigenvalue weighted by molar-refractivity contribution is 7.13. The van der Waals surface area contributed by atoms with Gasteiger partial charge in [0.2, 0.25) is 0 Å². The molecule has 0 fully saturated rings. The van der Waals surface area contributed by atoms with Gasteiger partial charge in [0, 0.05) is 23.2 Å². The van der Waals surface area contributed by atoms with Gasteiger partial charge in [0.1, 0.15) is 5.01 Å². The van der Waals surface area contributed by atoms with Crippen molar-refractivity contribution in [1.29, 1.82) is 0 Å². The van der Waals surface area contributed by atoms with Gasteiger partial charge in [0.05, 0.1) is 12.3 Å². The number of rotatable bonds is 4. The highest BCUT2D eigenvalue weighted by Crippen LogP contribution is 2.24. The molecule has 0 spiro atoms. The van der Waals surface area contributed by atoms with Gasteiger partial charge < -0.3 is 10.5 Å². The first-order valence-electron chi connectivity index (χ1n) is 5.17. The van der Waals surface area contributed by atoms with E-state index in [0.29, 0.717) is 13.2 Å². The number of nitrogen functional groups attached to an aromatic ring is 1. The molecule has 0 unspecified atom stereocenters. The molecule has 0 atom stereocenters. The smallest absolute Gasteiger partial charge is 0.123 e. The van der Waals surface area contributed by atoms with Crippen LogP contribution in [0, 0.1) is 0 Å². The lowest BCUT2D eigenvalue weighted by molar-refractivity contribution is 0.132. The zero-order valence-electron chi connectivity index (χ0n) is 9.14. The summed E-state index contributed by atoms with van der Waals surface area (Å²) in [6, 6.07) is 7.75. The molecule has 1 aromatic heterocycles. The molecule has 0 bridgehead atoms. The molecule has 0 saturated carbocycles. The second-order valence-electron chi connectivity index (χ2n) is 3.40. The van der Waals surface area contributed by atoms with Gasteiger partial charge in [0.15, 0.2) is 0 Å². The predicted molar refractivity (Wildman–Crippen MR) is 67.3 cm³/mol. The second-order valence-corrected chi connectivity index (χ2v) is 4.26. The van der Waals surface area contributed by atoms with Gasteiger partial charge >= 0.3 is 0 Å². The molecule has 4 heteroatoms. The maximum atomic E-state index is 5.64. The van der Waals surface area contributed by atoms with Crippen LogP contribution in [0.5, 0.6) is 0 Å². The normalized spacial score (nSPS) is 10.6. The van der Waals surface area contributed by atoms with E-state index < -0.39 is 0 Å². The quantitative estimate of drug-likeness (QED) is 0.827. The molecule has 1 aromatic carbocycles. The van der Waals surface area contributed by atoms with E-state index >= 15 is 0 Å². The summed E-state index contributed by atoms with van der Waals surface area (Å²) < 4.78 is 5.31. The Morgan fingerprint density at radius 1 is 1.31 bits per heavy atom. The van der Waals surface area contributed by atoms with Gasteiger partial charge in [0.25, 0.3) is 0 Å². The average Bonchev–Trinajstić information content (AvgIpc) is 2.76. The van der Waals surface area contributed by atoms with Crippen LogP contribution in [-0.2, 0) is 11.3 Å². The van der Waals surface area contributed by atoms with E-state index in [2.05, 4.69) is 4.98 Å². The number of hydrogen-bond acceptors (Lipinski definition) is 4. The molecule has 84 valence electrons. The van der Waals surface area contributed by atoms with Crippen LogP contribution in [-0.4, -0.2) is 11.6 Å². The Bertz CT molecular complexity index is 450. The number of thiazole rings is 1. The van der Waals surface area contributed by atoms with Crippen molar-refractivity contribution in [3.05, 3.63) is 35.3 Å². The molecule has 0 saturated heterocycles. The van der Waals surface area contributed by atoms with Crippen molar-refractivity contribution in [3.8, 4) is 10.6 Å². The molecule has 0 aliphatic carbocycles. The first-order chi connectivity index (χ1) is 7.79. The van der Waals surface area contributed by atoms with Crippen LogP contribution in [0.25, 0.3) is 10.6 Å². The number of nitrogens with two attached hydrogens (primary N) is 1. The fourth-order valence-corrected chi connectivity index (χ4v) is 2.15. The number of nitrogens with zero attached hydrogens (tertiary/aromatic N) is 1. The molecular formula is C12H14N2OS. The number of aromatic nitrogens is 1. The van der Waals surface area contributed by atoms with E-state index in [0.717, 1.165) is 22.0 Å². The minimum atomic E-state index is 0.585. The van der Waals surface area contributed by atoms with E-state index in [1.54, 1.807) is 11.3 Å². The monoisotopic (exact) mass is 234 g/mol. The third-order valence-electron chi connectivity index (χ3n) is 2.16. The molecule has 2 rings (SSSR count). The minimum Gasteiger partial charge on any atom is -0.399 e. The van der Waals surface area contributed by atoms with Crippen LogP contribution in [0.4, 0.5) is 5.69 Å². The average molecular weight is 234 g/mol. The van der Waals surface area contributed by atoms with Crippen LogP contribution in [0.3, 0.4) is 0 Å². The van der Waals surface area contributed by atoms with Gasteiger partial charge in [-0.05, 0) is 31.2 Å². The van der Waals surface area contributed by atoms with Crippen LogP contribution in [0.15, 0.2) is 29.6 Å². The topological polar surface area (TPSA) is 48.1 Å². The first kappa shape index (κ1) is 11.1. The van der Waals surface area contributed by atoms with Gasteiger partial charge in [-0.25, -0.2) is 4.98 Å². The molecular weight excluding hydrogens is 220 g/mol. The highest BCUT2D eigenvalue weighted by atomic mass is 32.1. The van der Waals surface area contributed by atoms with E-state index in [1.807, 2.05) is 36.6 Å². The largest absolute Gasteiger partial charge is 0.399 e. The van der Waals surface area contributed by atoms with Crippen LogP contribution in [0.1, 0.15) is 12.6 Å². The van der Waals surface area contributed by atoms with Gasteiger partial charge in [-0.15, -0.1) is 11.3 Å². The molecule has 0 radical (unpaired) electrons. The molecule has 0 aliphatic rings.